The molecule has 0 radical (unpaired) electrons. The van der Waals surface area contributed by atoms with Crippen molar-refractivity contribution in [3.63, 3.8) is 0 Å². The fourth-order valence-electron chi connectivity index (χ4n) is 3.16. The first-order valence-electron chi connectivity index (χ1n) is 8.91. The normalized spacial score (nSPS) is 15.7. The van der Waals surface area contributed by atoms with Crippen LogP contribution in [0.25, 0.3) is 6.08 Å². The zero-order valence-electron chi connectivity index (χ0n) is 15.1. The van der Waals surface area contributed by atoms with Gasteiger partial charge in [0, 0.05) is 32.3 Å². The van der Waals surface area contributed by atoms with Crippen molar-refractivity contribution < 1.29 is 4.79 Å². The van der Waals surface area contributed by atoms with E-state index in [2.05, 4.69) is 61.3 Å². The number of carbonyl (C=O) groups excluding carboxylic acids is 1. The molecule has 25 heavy (non-hydrogen) atoms. The van der Waals surface area contributed by atoms with E-state index in [-0.39, 0.29) is 5.91 Å². The number of likely N-dealkylation sites (N-methyl/N-ethyl adjacent to an activating group) is 1. The molecule has 130 valence electrons. The maximum atomic E-state index is 12.4. The Hall–Kier alpha value is -2.39. The van der Waals surface area contributed by atoms with Gasteiger partial charge in [-0.1, -0.05) is 54.1 Å². The van der Waals surface area contributed by atoms with Crippen molar-refractivity contribution in [2.75, 3.05) is 33.2 Å². The van der Waals surface area contributed by atoms with Crippen molar-refractivity contribution in [2.45, 2.75) is 13.3 Å². The van der Waals surface area contributed by atoms with Crippen molar-refractivity contribution in [1.29, 1.82) is 0 Å². The summed E-state index contributed by atoms with van der Waals surface area (Å²) in [5.74, 6) is 0.110. The van der Waals surface area contributed by atoms with E-state index in [1.165, 1.54) is 16.7 Å². The molecule has 0 aromatic heterocycles. The van der Waals surface area contributed by atoms with Crippen LogP contribution in [0.3, 0.4) is 0 Å². The van der Waals surface area contributed by atoms with E-state index in [1.54, 1.807) is 6.08 Å². The number of aryl methyl sites for hydroxylation is 1. The number of carbonyl (C=O) groups is 1. The monoisotopic (exact) mass is 334 g/mol. The molecule has 1 fully saturated rings. The van der Waals surface area contributed by atoms with E-state index in [0.29, 0.717) is 0 Å². The lowest BCUT2D eigenvalue weighted by Gasteiger charge is -2.31. The fraction of sp³-hybridized carbons (Fsp3) is 0.318. The SMILES string of the molecule is Cc1ccc(/C=C/C(=O)N2CCN(C)CC2)c(Cc2ccccc2)c1. The molecule has 2 aromatic rings. The maximum Gasteiger partial charge on any atom is 0.246 e. The summed E-state index contributed by atoms with van der Waals surface area (Å²) in [7, 11) is 2.10. The van der Waals surface area contributed by atoms with Gasteiger partial charge in [-0.2, -0.15) is 0 Å². The predicted molar refractivity (Wildman–Crippen MR) is 104 cm³/mol. The van der Waals surface area contributed by atoms with Gasteiger partial charge in [0.1, 0.15) is 0 Å². The van der Waals surface area contributed by atoms with Crippen LogP contribution in [0.5, 0.6) is 0 Å². The number of hydrogen-bond acceptors (Lipinski definition) is 2. The summed E-state index contributed by atoms with van der Waals surface area (Å²) in [6.07, 6.45) is 4.58. The van der Waals surface area contributed by atoms with Crippen LogP contribution in [0.1, 0.15) is 22.3 Å². The zero-order valence-corrected chi connectivity index (χ0v) is 15.1. The first kappa shape index (κ1) is 17.4. The average molecular weight is 334 g/mol. The van der Waals surface area contributed by atoms with Crippen LogP contribution in [0.2, 0.25) is 0 Å². The highest BCUT2D eigenvalue weighted by molar-refractivity contribution is 5.92. The molecular formula is C22H26N2O. The van der Waals surface area contributed by atoms with E-state index in [4.69, 9.17) is 0 Å². The molecule has 3 nitrogen and oxygen atoms in total. The van der Waals surface area contributed by atoms with Gasteiger partial charge in [0.15, 0.2) is 0 Å². The Balaban J connectivity index is 1.74. The quantitative estimate of drug-likeness (QED) is 0.801. The van der Waals surface area contributed by atoms with Crippen molar-refractivity contribution in [2.24, 2.45) is 0 Å². The fourth-order valence-corrected chi connectivity index (χ4v) is 3.16. The number of rotatable bonds is 4. The lowest BCUT2D eigenvalue weighted by molar-refractivity contribution is -0.127. The molecule has 0 N–H and O–H groups in total. The molecule has 3 heteroatoms. The Morgan fingerprint density at radius 1 is 1.04 bits per heavy atom. The van der Waals surface area contributed by atoms with Crippen LogP contribution in [-0.4, -0.2) is 48.9 Å². The Kier molecular flexibility index (Phi) is 5.67. The highest BCUT2D eigenvalue weighted by atomic mass is 16.2. The van der Waals surface area contributed by atoms with E-state index in [1.807, 2.05) is 17.0 Å². The third kappa shape index (κ3) is 4.80. The van der Waals surface area contributed by atoms with Crippen molar-refractivity contribution >= 4 is 12.0 Å². The van der Waals surface area contributed by atoms with Crippen LogP contribution in [0, 0.1) is 6.92 Å². The Labute approximate surface area is 150 Å². The zero-order chi connectivity index (χ0) is 17.6. The second kappa shape index (κ2) is 8.13. The summed E-state index contributed by atoms with van der Waals surface area (Å²) in [4.78, 5) is 16.6. The van der Waals surface area contributed by atoms with E-state index < -0.39 is 0 Å². The van der Waals surface area contributed by atoms with Gasteiger partial charge in [-0.15, -0.1) is 0 Å². The number of amides is 1. The molecule has 3 rings (SSSR count). The van der Waals surface area contributed by atoms with Crippen LogP contribution in [0.4, 0.5) is 0 Å². The molecule has 0 atom stereocenters. The average Bonchev–Trinajstić information content (AvgIpc) is 2.62. The minimum absolute atomic E-state index is 0.110. The summed E-state index contributed by atoms with van der Waals surface area (Å²) in [6, 6.07) is 16.9. The molecule has 1 aliphatic heterocycles. The molecule has 0 spiro atoms. The van der Waals surface area contributed by atoms with Gasteiger partial charge in [0.25, 0.3) is 0 Å². The van der Waals surface area contributed by atoms with Gasteiger partial charge < -0.3 is 9.80 Å². The Morgan fingerprint density at radius 2 is 1.76 bits per heavy atom. The van der Waals surface area contributed by atoms with E-state index in [9.17, 15) is 4.79 Å². The minimum Gasteiger partial charge on any atom is -0.337 e. The summed E-state index contributed by atoms with van der Waals surface area (Å²) in [5.41, 5.74) is 4.91. The van der Waals surface area contributed by atoms with Crippen LogP contribution < -0.4 is 0 Å². The number of nitrogens with zero attached hydrogens (tertiary/aromatic N) is 2. The molecule has 1 amide bonds. The van der Waals surface area contributed by atoms with Gasteiger partial charge in [-0.3, -0.25) is 4.79 Å². The molecule has 0 unspecified atom stereocenters. The minimum atomic E-state index is 0.110. The summed E-state index contributed by atoms with van der Waals surface area (Å²) < 4.78 is 0. The molecular weight excluding hydrogens is 308 g/mol. The van der Waals surface area contributed by atoms with Crippen molar-refractivity contribution in [3.05, 3.63) is 76.9 Å². The first-order chi connectivity index (χ1) is 12.1. The van der Waals surface area contributed by atoms with Gasteiger partial charge >= 0.3 is 0 Å². The van der Waals surface area contributed by atoms with E-state index >= 15 is 0 Å². The topological polar surface area (TPSA) is 23.6 Å². The van der Waals surface area contributed by atoms with Gasteiger partial charge in [-0.05, 0) is 43.2 Å². The third-order valence-electron chi connectivity index (χ3n) is 4.76. The molecule has 1 heterocycles. The summed E-state index contributed by atoms with van der Waals surface area (Å²) >= 11 is 0. The smallest absolute Gasteiger partial charge is 0.246 e. The van der Waals surface area contributed by atoms with Gasteiger partial charge in [0.2, 0.25) is 5.91 Å². The standard InChI is InChI=1S/C22H26N2O/c1-18-8-9-20(21(16-18)17-19-6-4-3-5-7-19)10-11-22(25)24-14-12-23(2)13-15-24/h3-11,16H,12-15,17H2,1-2H3/b11-10+. The molecule has 1 aliphatic rings. The number of benzene rings is 2. The second-order valence-corrected chi connectivity index (χ2v) is 6.83. The van der Waals surface area contributed by atoms with Crippen LogP contribution in [-0.2, 0) is 11.2 Å². The van der Waals surface area contributed by atoms with Gasteiger partial charge in [-0.25, -0.2) is 0 Å². The van der Waals surface area contributed by atoms with E-state index in [0.717, 1.165) is 38.2 Å². The maximum absolute atomic E-state index is 12.4. The molecule has 0 bridgehead atoms. The van der Waals surface area contributed by atoms with Crippen molar-refractivity contribution in [3.8, 4) is 0 Å². The molecule has 1 saturated heterocycles. The van der Waals surface area contributed by atoms with Crippen molar-refractivity contribution in [1.82, 2.24) is 9.80 Å². The highest BCUT2D eigenvalue weighted by Crippen LogP contribution is 2.18. The largest absolute Gasteiger partial charge is 0.337 e. The Bertz CT molecular complexity index is 744. The summed E-state index contributed by atoms with van der Waals surface area (Å²) in [5, 5.41) is 0. The summed E-state index contributed by atoms with van der Waals surface area (Å²) in [6.45, 7) is 5.62. The number of hydrogen-bond donors (Lipinski definition) is 0. The molecule has 0 saturated carbocycles. The highest BCUT2D eigenvalue weighted by Gasteiger charge is 2.16. The predicted octanol–water partition coefficient (Wildman–Crippen LogP) is 3.37. The first-order valence-corrected chi connectivity index (χ1v) is 8.91. The molecule has 2 aromatic carbocycles. The second-order valence-electron chi connectivity index (χ2n) is 6.83. The number of piperazine rings is 1. The van der Waals surface area contributed by atoms with Crippen LogP contribution in [0.15, 0.2) is 54.6 Å². The lowest BCUT2D eigenvalue weighted by atomic mass is 9.97. The third-order valence-corrected chi connectivity index (χ3v) is 4.76. The Morgan fingerprint density at radius 3 is 2.48 bits per heavy atom. The van der Waals surface area contributed by atoms with Crippen LogP contribution >= 0.6 is 0 Å². The lowest BCUT2D eigenvalue weighted by Crippen LogP contribution is -2.46. The molecule has 0 aliphatic carbocycles. The van der Waals surface area contributed by atoms with Gasteiger partial charge in [0.05, 0.1) is 0 Å².